The number of halogens is 1. The molecule has 0 saturated carbocycles. The van der Waals surface area contributed by atoms with E-state index in [1.807, 2.05) is 48.5 Å². The number of anilines is 3. The molecule has 0 spiro atoms. The number of nitrogens with one attached hydrogen (secondary N) is 1. The summed E-state index contributed by atoms with van der Waals surface area (Å²) < 4.78 is 6.96. The third-order valence-corrected chi connectivity index (χ3v) is 6.96. The van der Waals surface area contributed by atoms with Crippen LogP contribution in [0.5, 0.6) is 11.8 Å². The van der Waals surface area contributed by atoms with E-state index in [9.17, 15) is 4.79 Å². The van der Waals surface area contributed by atoms with Gasteiger partial charge >= 0.3 is 6.01 Å². The highest BCUT2D eigenvalue weighted by Crippen LogP contribution is 2.30. The molecular formula is C25H22BrN7O2S. The smallest absolute Gasteiger partial charge is 0.323 e. The van der Waals surface area contributed by atoms with E-state index in [4.69, 9.17) is 4.74 Å². The van der Waals surface area contributed by atoms with Gasteiger partial charge in [-0.25, -0.2) is 4.98 Å². The second-order valence-electron chi connectivity index (χ2n) is 7.88. The normalized spacial score (nSPS) is 13.4. The van der Waals surface area contributed by atoms with Gasteiger partial charge in [0.15, 0.2) is 0 Å². The van der Waals surface area contributed by atoms with Crippen molar-refractivity contribution in [3.05, 3.63) is 77.9 Å². The average molecular weight is 564 g/mol. The van der Waals surface area contributed by atoms with Gasteiger partial charge < -0.3 is 19.9 Å². The molecule has 4 aromatic rings. The van der Waals surface area contributed by atoms with Crippen LogP contribution in [0.25, 0.3) is 10.6 Å². The van der Waals surface area contributed by atoms with Gasteiger partial charge in [-0.15, -0.1) is 10.2 Å². The molecule has 9 nitrogen and oxygen atoms in total. The van der Waals surface area contributed by atoms with E-state index in [0.29, 0.717) is 29.8 Å². The van der Waals surface area contributed by atoms with E-state index >= 15 is 0 Å². The highest BCUT2D eigenvalue weighted by atomic mass is 79.9. The Morgan fingerprint density at radius 2 is 1.89 bits per heavy atom. The van der Waals surface area contributed by atoms with Crippen LogP contribution in [0.2, 0.25) is 0 Å². The number of ether oxygens (including phenoxy) is 1. The summed E-state index contributed by atoms with van der Waals surface area (Å²) in [7, 11) is 0. The number of amides is 1. The van der Waals surface area contributed by atoms with Gasteiger partial charge in [0.25, 0.3) is 0 Å². The highest BCUT2D eigenvalue weighted by Gasteiger charge is 2.20. The van der Waals surface area contributed by atoms with E-state index in [-0.39, 0.29) is 11.9 Å². The number of hydrogen-bond acceptors (Lipinski definition) is 9. The number of rotatable bonds is 7. The molecule has 5 rings (SSSR count). The van der Waals surface area contributed by atoms with Gasteiger partial charge in [0.1, 0.15) is 16.6 Å². The molecule has 182 valence electrons. The molecule has 36 heavy (non-hydrogen) atoms. The molecule has 3 heterocycles. The van der Waals surface area contributed by atoms with E-state index in [0.717, 1.165) is 33.8 Å². The van der Waals surface area contributed by atoms with Crippen molar-refractivity contribution in [1.82, 2.24) is 25.1 Å². The van der Waals surface area contributed by atoms with Gasteiger partial charge in [-0.05, 0) is 36.4 Å². The van der Waals surface area contributed by atoms with Crippen molar-refractivity contribution in [3.63, 3.8) is 0 Å². The lowest BCUT2D eigenvalue weighted by Gasteiger charge is -2.35. The minimum atomic E-state index is -0.0320. The van der Waals surface area contributed by atoms with Crippen molar-refractivity contribution in [2.45, 2.75) is 0 Å². The molecule has 1 aliphatic heterocycles. The maximum absolute atomic E-state index is 11.8. The van der Waals surface area contributed by atoms with Crippen LogP contribution >= 0.6 is 27.3 Å². The number of hydrogen-bond donors (Lipinski definition) is 1. The molecule has 0 radical (unpaired) electrons. The number of carbonyl (C=O) groups excluding carboxylic acids is 1. The van der Waals surface area contributed by atoms with Crippen LogP contribution < -0.4 is 15.0 Å². The van der Waals surface area contributed by atoms with Crippen molar-refractivity contribution >= 4 is 49.8 Å². The van der Waals surface area contributed by atoms with Gasteiger partial charge in [0.2, 0.25) is 11.0 Å². The van der Waals surface area contributed by atoms with Crippen molar-refractivity contribution in [1.29, 1.82) is 0 Å². The van der Waals surface area contributed by atoms with E-state index in [2.05, 4.69) is 52.9 Å². The Kier molecular flexibility index (Phi) is 7.19. The third-order valence-electron chi connectivity index (χ3n) is 5.54. The summed E-state index contributed by atoms with van der Waals surface area (Å²) in [5.74, 6) is 1.15. The number of nitrogens with zero attached hydrogens (tertiary/aromatic N) is 6. The maximum atomic E-state index is 11.8. The molecule has 1 saturated heterocycles. The minimum Gasteiger partial charge on any atom is -0.424 e. The molecule has 2 aromatic carbocycles. The number of carbonyl (C=O) groups is 1. The minimum absolute atomic E-state index is 0.0320. The molecule has 1 N–H and O–H groups in total. The number of aromatic nitrogens is 4. The monoisotopic (exact) mass is 563 g/mol. The zero-order valence-corrected chi connectivity index (χ0v) is 21.6. The molecule has 1 amide bonds. The summed E-state index contributed by atoms with van der Waals surface area (Å²) in [6, 6.07) is 17.6. The van der Waals surface area contributed by atoms with Crippen LogP contribution in [-0.4, -0.2) is 57.2 Å². The van der Waals surface area contributed by atoms with Crippen LogP contribution in [0.3, 0.4) is 0 Å². The molecule has 1 fully saturated rings. The maximum Gasteiger partial charge on any atom is 0.323 e. The molecule has 0 bridgehead atoms. The molecule has 0 aliphatic carbocycles. The molecule has 0 unspecified atom stereocenters. The first-order valence-corrected chi connectivity index (χ1v) is 12.8. The fraction of sp³-hybridized carbons (Fsp3) is 0.160. The Balaban J connectivity index is 1.23. The van der Waals surface area contributed by atoms with Crippen molar-refractivity contribution in [3.8, 4) is 22.3 Å². The fourth-order valence-corrected chi connectivity index (χ4v) is 4.74. The summed E-state index contributed by atoms with van der Waals surface area (Å²) in [5.41, 5.74) is 2.01. The quantitative estimate of drug-likeness (QED) is 0.309. The third kappa shape index (κ3) is 5.69. The van der Waals surface area contributed by atoms with Gasteiger partial charge in [0.05, 0.1) is 0 Å². The van der Waals surface area contributed by atoms with Gasteiger partial charge in [-0.2, -0.15) is 4.98 Å². The Morgan fingerprint density at radius 1 is 1.08 bits per heavy atom. The van der Waals surface area contributed by atoms with E-state index < -0.39 is 0 Å². The van der Waals surface area contributed by atoms with E-state index in [1.54, 1.807) is 17.2 Å². The van der Waals surface area contributed by atoms with Crippen LogP contribution in [-0.2, 0) is 4.79 Å². The second-order valence-corrected chi connectivity index (χ2v) is 9.78. The van der Waals surface area contributed by atoms with Crippen molar-refractivity contribution < 1.29 is 9.53 Å². The summed E-state index contributed by atoms with van der Waals surface area (Å²) in [6.07, 6.45) is 2.99. The summed E-state index contributed by atoms with van der Waals surface area (Å²) in [5, 5.41) is 13.1. The van der Waals surface area contributed by atoms with Crippen LogP contribution in [0.4, 0.5) is 16.6 Å². The molecule has 0 atom stereocenters. The van der Waals surface area contributed by atoms with Crippen LogP contribution in [0, 0.1) is 0 Å². The van der Waals surface area contributed by atoms with Gasteiger partial charge in [-0.3, -0.25) is 4.79 Å². The first-order valence-electron chi connectivity index (χ1n) is 11.2. The Labute approximate surface area is 220 Å². The van der Waals surface area contributed by atoms with Gasteiger partial charge in [-0.1, -0.05) is 52.0 Å². The van der Waals surface area contributed by atoms with Gasteiger partial charge in [0, 0.05) is 54.2 Å². The lowest BCUT2D eigenvalue weighted by molar-refractivity contribution is -0.126. The van der Waals surface area contributed by atoms with E-state index in [1.165, 1.54) is 17.4 Å². The summed E-state index contributed by atoms with van der Waals surface area (Å²) in [4.78, 5) is 24.6. The first kappa shape index (κ1) is 23.9. The fourth-order valence-electron chi connectivity index (χ4n) is 3.72. The molecule has 2 aromatic heterocycles. The molecule has 1 aliphatic rings. The van der Waals surface area contributed by atoms with Crippen LogP contribution in [0.1, 0.15) is 0 Å². The SMILES string of the molecule is C=CC(=O)N1CCN(c2cccc(Oc3nccc(Nc4nnc(-c5ccc(Br)cc5)s4)n3)c2)CC1. The number of piperazine rings is 1. The lowest BCUT2D eigenvalue weighted by atomic mass is 10.2. The second kappa shape index (κ2) is 10.8. The number of benzene rings is 2. The highest BCUT2D eigenvalue weighted by molar-refractivity contribution is 9.10. The standard InChI is InChI=1S/C25H22BrN7O2S/c1-2-22(34)33-14-12-32(13-15-33)19-4-3-5-20(16-19)35-24-27-11-10-21(28-24)29-25-31-30-23(36-25)17-6-8-18(26)9-7-17/h2-11,16H,1,12-15H2,(H,27,28,29,31). The predicted octanol–water partition coefficient (Wildman–Crippen LogP) is 5.13. The average Bonchev–Trinajstić information content (AvgIpc) is 3.37. The zero-order chi connectivity index (χ0) is 24.9. The topological polar surface area (TPSA) is 96.4 Å². The Hall–Kier alpha value is -3.83. The molecule has 11 heteroatoms. The molecular weight excluding hydrogens is 542 g/mol. The Bertz CT molecular complexity index is 1370. The van der Waals surface area contributed by atoms with Crippen LogP contribution in [0.15, 0.2) is 77.9 Å². The summed E-state index contributed by atoms with van der Waals surface area (Å²) in [6.45, 7) is 6.35. The largest absolute Gasteiger partial charge is 0.424 e. The van der Waals surface area contributed by atoms with Crippen molar-refractivity contribution in [2.24, 2.45) is 0 Å². The zero-order valence-electron chi connectivity index (χ0n) is 19.2. The first-order chi connectivity index (χ1) is 17.6. The summed E-state index contributed by atoms with van der Waals surface area (Å²) >= 11 is 4.87. The lowest BCUT2D eigenvalue weighted by Crippen LogP contribution is -2.48. The predicted molar refractivity (Wildman–Crippen MR) is 144 cm³/mol. The Morgan fingerprint density at radius 3 is 2.67 bits per heavy atom. The van der Waals surface area contributed by atoms with Crippen molar-refractivity contribution in [2.75, 3.05) is 36.4 Å².